The minimum Gasteiger partial charge on any atom is -0.399 e. The fourth-order valence-electron chi connectivity index (χ4n) is 7.58. The first-order valence-electron chi connectivity index (χ1n) is 15.0. The highest BCUT2D eigenvalue weighted by atomic mass is 31.1. The van der Waals surface area contributed by atoms with E-state index in [9.17, 15) is 0 Å². The van der Waals surface area contributed by atoms with E-state index >= 15 is 0 Å². The van der Waals surface area contributed by atoms with E-state index in [2.05, 4.69) is 123 Å². The summed E-state index contributed by atoms with van der Waals surface area (Å²) in [6.07, 6.45) is 0.860. The van der Waals surface area contributed by atoms with Crippen LogP contribution >= 0.6 is 8.24 Å². The Hall–Kier alpha value is -4.37. The van der Waals surface area contributed by atoms with E-state index in [1.54, 1.807) is 0 Å². The molecule has 210 valence electrons. The van der Waals surface area contributed by atoms with Gasteiger partial charge in [-0.3, -0.25) is 4.52 Å². The third-order valence-electron chi connectivity index (χ3n) is 9.96. The largest absolute Gasteiger partial charge is 0.399 e. The van der Waals surface area contributed by atoms with Crippen molar-refractivity contribution in [2.75, 3.05) is 0 Å². The van der Waals surface area contributed by atoms with Crippen LogP contribution in [0.4, 0.5) is 0 Å². The molecule has 5 heteroatoms. The zero-order valence-corrected chi connectivity index (χ0v) is 24.9. The van der Waals surface area contributed by atoms with E-state index in [1.807, 2.05) is 6.07 Å². The van der Waals surface area contributed by atoms with E-state index in [4.69, 9.17) is 17.9 Å². The Morgan fingerprint density at radius 1 is 0.698 bits per heavy atom. The molecule has 2 bridgehead atoms. The summed E-state index contributed by atoms with van der Waals surface area (Å²) in [5.41, 5.74) is 6.07. The molecule has 3 aliphatic rings. The monoisotopic (exact) mass is 579 g/mol. The second-order valence-corrected chi connectivity index (χ2v) is 13.5. The van der Waals surface area contributed by atoms with E-state index in [0.717, 1.165) is 66.9 Å². The van der Waals surface area contributed by atoms with E-state index in [-0.39, 0.29) is 11.5 Å². The lowest BCUT2D eigenvalue weighted by atomic mass is 9.47. The quantitative estimate of drug-likeness (QED) is 0.209. The highest BCUT2D eigenvalue weighted by Gasteiger charge is 2.58. The van der Waals surface area contributed by atoms with Gasteiger partial charge in [-0.25, -0.2) is 4.98 Å². The van der Waals surface area contributed by atoms with Crippen LogP contribution in [0.15, 0.2) is 124 Å². The molecule has 2 aromatic heterocycles. The predicted molar refractivity (Wildman–Crippen MR) is 175 cm³/mol. The van der Waals surface area contributed by atoms with Crippen molar-refractivity contribution in [3.8, 4) is 11.3 Å². The number of hydrogen-bond acceptors (Lipinski definition) is 4. The molecule has 0 unspecified atom stereocenters. The standard InChI is InChI=1S/C38H30NO3P/c1-38(2)29-22-30(38)37(36-28(29)18-19-31(39-36)25-12-4-3-5-13-25)42-43-40-32-20-16-23-10-6-8-14-26(23)34(32)35-27-15-9-7-11-24(27)17-21-33(35)41-43/h3-21,29-30,37H,22H2,1-2H3/t29-,30+,37+/m0/s1. The lowest BCUT2D eigenvalue weighted by Crippen LogP contribution is -2.51. The molecule has 43 heavy (non-hydrogen) atoms. The van der Waals surface area contributed by atoms with Crippen molar-refractivity contribution in [1.29, 1.82) is 0 Å². The summed E-state index contributed by atoms with van der Waals surface area (Å²) in [6, 6.07) is 40.2. The fraction of sp³-hybridized carbons (Fsp3) is 0.184. The molecule has 1 saturated carbocycles. The van der Waals surface area contributed by atoms with Crippen molar-refractivity contribution < 1.29 is 12.9 Å². The molecule has 7 aromatic rings. The maximum atomic E-state index is 7.01. The third-order valence-corrected chi connectivity index (χ3v) is 11.0. The second kappa shape index (κ2) is 9.31. The summed E-state index contributed by atoms with van der Waals surface area (Å²) in [5, 5.41) is 6.71. The van der Waals surface area contributed by atoms with Gasteiger partial charge in [0.15, 0.2) is 0 Å². The Bertz CT molecular complexity index is 2160. The van der Waals surface area contributed by atoms with Crippen molar-refractivity contribution in [3.05, 3.63) is 127 Å². The molecule has 0 saturated heterocycles. The van der Waals surface area contributed by atoms with Gasteiger partial charge in [-0.15, -0.1) is 0 Å². The highest BCUT2D eigenvalue weighted by molar-refractivity contribution is 7.31. The van der Waals surface area contributed by atoms with Crippen LogP contribution in [0.3, 0.4) is 0 Å². The van der Waals surface area contributed by atoms with Crippen molar-refractivity contribution in [2.24, 2.45) is 11.3 Å². The van der Waals surface area contributed by atoms with E-state index in [0.29, 0.717) is 11.8 Å². The van der Waals surface area contributed by atoms with Gasteiger partial charge < -0.3 is 8.39 Å². The van der Waals surface area contributed by atoms with Gasteiger partial charge >= 0.3 is 8.24 Å². The average Bonchev–Trinajstić information content (AvgIpc) is 3.21. The van der Waals surface area contributed by atoms with E-state index < -0.39 is 8.24 Å². The highest BCUT2D eigenvalue weighted by Crippen LogP contribution is 2.66. The van der Waals surface area contributed by atoms with Crippen LogP contribution in [0.5, 0.6) is 0 Å². The molecule has 3 atom stereocenters. The molecule has 0 N–H and O–H groups in total. The Morgan fingerprint density at radius 2 is 1.30 bits per heavy atom. The molecule has 0 spiro atoms. The van der Waals surface area contributed by atoms with Crippen LogP contribution in [0.1, 0.15) is 43.5 Å². The van der Waals surface area contributed by atoms with Gasteiger partial charge in [-0.1, -0.05) is 111 Å². The molecule has 5 aromatic carbocycles. The molecule has 0 aliphatic heterocycles. The van der Waals surface area contributed by atoms with Crippen molar-refractivity contribution in [1.82, 2.24) is 4.98 Å². The number of pyridine rings is 1. The van der Waals surface area contributed by atoms with Crippen molar-refractivity contribution >= 4 is 51.7 Å². The van der Waals surface area contributed by atoms with Gasteiger partial charge in [0.1, 0.15) is 17.3 Å². The number of benzene rings is 5. The molecule has 3 aliphatic carbocycles. The minimum absolute atomic E-state index is 0.108. The van der Waals surface area contributed by atoms with Gasteiger partial charge in [0.25, 0.3) is 0 Å². The topological polar surface area (TPSA) is 48.4 Å². The Balaban J connectivity index is 1.28. The summed E-state index contributed by atoms with van der Waals surface area (Å²) in [6.45, 7) is 4.72. The van der Waals surface area contributed by atoms with Crippen LogP contribution in [0, 0.1) is 11.3 Å². The number of rotatable bonds is 3. The SMILES string of the molecule is CC1(C)[C@@H]2C[C@H]1c1ccc(-c3ccccc3)nc1[C@@H]2Op1oc2ccc3ccccc3c2c2c(ccc3ccccc32)o1. The number of aromatic nitrogens is 1. The zero-order chi connectivity index (χ0) is 28.7. The first kappa shape index (κ1) is 25.2. The molecule has 2 heterocycles. The smallest absolute Gasteiger partial charge is 0.388 e. The maximum Gasteiger partial charge on any atom is 0.388 e. The average molecular weight is 580 g/mol. The summed E-state index contributed by atoms with van der Waals surface area (Å²) < 4.78 is 20.5. The predicted octanol–water partition coefficient (Wildman–Crippen LogP) is 11.0. The third kappa shape index (κ3) is 3.77. The summed E-state index contributed by atoms with van der Waals surface area (Å²) in [5.74, 6) is 0.807. The van der Waals surface area contributed by atoms with Gasteiger partial charge in [0, 0.05) is 16.3 Å². The Morgan fingerprint density at radius 3 is 1.93 bits per heavy atom. The van der Waals surface area contributed by atoms with Crippen LogP contribution in [0.2, 0.25) is 0 Å². The number of fused-ring (bicyclic) bond motifs is 7. The maximum absolute atomic E-state index is 7.01. The second-order valence-electron chi connectivity index (χ2n) is 12.5. The fourth-order valence-corrected chi connectivity index (χ4v) is 8.76. The molecular weight excluding hydrogens is 549 g/mol. The van der Waals surface area contributed by atoms with Gasteiger partial charge in [0.2, 0.25) is 0 Å². The van der Waals surface area contributed by atoms with Gasteiger partial charge in [0.05, 0.1) is 11.4 Å². The van der Waals surface area contributed by atoms with E-state index in [1.165, 1.54) is 5.56 Å². The Labute approximate surface area is 250 Å². The summed E-state index contributed by atoms with van der Waals surface area (Å²) >= 11 is 0. The summed E-state index contributed by atoms with van der Waals surface area (Å²) in [7, 11) is -1.78. The Kier molecular flexibility index (Phi) is 5.45. The van der Waals surface area contributed by atoms with Crippen LogP contribution in [-0.2, 0) is 0 Å². The van der Waals surface area contributed by atoms with Crippen LogP contribution in [0.25, 0.3) is 54.7 Å². The van der Waals surface area contributed by atoms with Gasteiger partial charge in [-0.05, 0) is 69.0 Å². The van der Waals surface area contributed by atoms with Crippen LogP contribution < -0.4 is 4.52 Å². The first-order chi connectivity index (χ1) is 21.1. The molecule has 4 nitrogen and oxygen atoms in total. The molecule has 0 amide bonds. The minimum atomic E-state index is -1.78. The zero-order valence-electron chi connectivity index (χ0n) is 24.0. The number of nitrogens with zero attached hydrogens (tertiary/aromatic N) is 1. The number of hydrogen-bond donors (Lipinski definition) is 0. The molecule has 10 rings (SSSR count). The lowest BCUT2D eigenvalue weighted by Gasteiger charge is -2.59. The first-order valence-corrected chi connectivity index (χ1v) is 16.1. The molecular formula is C38H30NO3P. The molecule has 0 radical (unpaired) electrons. The summed E-state index contributed by atoms with van der Waals surface area (Å²) in [4.78, 5) is 5.25. The van der Waals surface area contributed by atoms with Crippen molar-refractivity contribution in [2.45, 2.75) is 32.3 Å². The van der Waals surface area contributed by atoms with Crippen molar-refractivity contribution in [3.63, 3.8) is 0 Å². The molecule has 1 fully saturated rings. The lowest BCUT2D eigenvalue weighted by molar-refractivity contribution is -0.0586. The normalized spacial score (nSPS) is 20.3. The van der Waals surface area contributed by atoms with Crippen LogP contribution in [-0.4, -0.2) is 4.98 Å². The van der Waals surface area contributed by atoms with Gasteiger partial charge in [-0.2, -0.15) is 0 Å².